The molecule has 88 valence electrons. The van der Waals surface area contributed by atoms with Gasteiger partial charge in [0.2, 0.25) is 0 Å². The summed E-state index contributed by atoms with van der Waals surface area (Å²) in [5, 5.41) is 9.31. The summed E-state index contributed by atoms with van der Waals surface area (Å²) in [5.41, 5.74) is 7.20. The third-order valence-electron chi connectivity index (χ3n) is 2.23. The van der Waals surface area contributed by atoms with E-state index < -0.39 is 12.0 Å². The summed E-state index contributed by atoms with van der Waals surface area (Å²) in [4.78, 5) is 10.7. The fraction of sp³-hybridized carbons (Fsp3) is 0.364. The summed E-state index contributed by atoms with van der Waals surface area (Å²) >= 11 is 5.85. The van der Waals surface area contributed by atoms with Crippen molar-refractivity contribution in [3.05, 3.63) is 34.3 Å². The molecule has 16 heavy (non-hydrogen) atoms. The first kappa shape index (κ1) is 13.0. The molecule has 0 heterocycles. The summed E-state index contributed by atoms with van der Waals surface area (Å²) in [6, 6.07) is 4.36. The Labute approximate surface area is 99.0 Å². The summed E-state index contributed by atoms with van der Waals surface area (Å²) in [7, 11) is 1.58. The molecule has 0 spiro atoms. The lowest BCUT2D eigenvalue weighted by Gasteiger charge is -2.11. The fourth-order valence-electron chi connectivity index (χ4n) is 1.41. The Morgan fingerprint density at radius 3 is 2.81 bits per heavy atom. The van der Waals surface area contributed by atoms with Gasteiger partial charge in [0.25, 0.3) is 0 Å². The molecule has 0 aliphatic carbocycles. The molecule has 1 rings (SSSR count). The number of ether oxygens (including phenoxy) is 1. The molecule has 0 aliphatic heterocycles. The van der Waals surface area contributed by atoms with E-state index >= 15 is 0 Å². The largest absolute Gasteiger partial charge is 0.480 e. The molecule has 0 aromatic heterocycles. The van der Waals surface area contributed by atoms with Crippen LogP contribution in [0.3, 0.4) is 0 Å². The van der Waals surface area contributed by atoms with E-state index in [1.807, 2.05) is 6.07 Å². The molecule has 1 atom stereocenters. The van der Waals surface area contributed by atoms with Crippen LogP contribution in [0.2, 0.25) is 5.02 Å². The third-order valence-corrected chi connectivity index (χ3v) is 2.46. The smallest absolute Gasteiger partial charge is 0.320 e. The van der Waals surface area contributed by atoms with Crippen LogP contribution in [0.5, 0.6) is 0 Å². The first-order valence-corrected chi connectivity index (χ1v) is 5.17. The lowest BCUT2D eigenvalue weighted by Crippen LogP contribution is -2.32. The number of hydrogen-bond donors (Lipinski definition) is 2. The first-order valence-electron chi connectivity index (χ1n) is 4.79. The second-order valence-corrected chi connectivity index (χ2v) is 3.93. The Morgan fingerprint density at radius 1 is 1.56 bits per heavy atom. The number of rotatable bonds is 5. The van der Waals surface area contributed by atoms with E-state index in [9.17, 15) is 4.79 Å². The van der Waals surface area contributed by atoms with Crippen LogP contribution in [0.25, 0.3) is 0 Å². The van der Waals surface area contributed by atoms with Gasteiger partial charge in [0, 0.05) is 12.1 Å². The minimum absolute atomic E-state index is 0.245. The predicted molar refractivity (Wildman–Crippen MR) is 61.5 cm³/mol. The summed E-state index contributed by atoms with van der Waals surface area (Å²) in [5.74, 6) is -1.02. The van der Waals surface area contributed by atoms with Crippen molar-refractivity contribution in [2.45, 2.75) is 19.1 Å². The monoisotopic (exact) mass is 243 g/mol. The van der Waals surface area contributed by atoms with Gasteiger partial charge in [0.1, 0.15) is 6.04 Å². The van der Waals surface area contributed by atoms with Crippen molar-refractivity contribution >= 4 is 17.6 Å². The van der Waals surface area contributed by atoms with E-state index in [4.69, 9.17) is 27.2 Å². The zero-order valence-electron chi connectivity index (χ0n) is 8.94. The molecule has 1 unspecified atom stereocenters. The second kappa shape index (κ2) is 5.84. The Kier molecular flexibility index (Phi) is 4.73. The molecule has 1 aromatic rings. The highest BCUT2D eigenvalue weighted by molar-refractivity contribution is 6.30. The number of hydrogen-bond acceptors (Lipinski definition) is 3. The van der Waals surface area contributed by atoms with Crippen LogP contribution in [0.15, 0.2) is 18.2 Å². The number of benzene rings is 1. The zero-order chi connectivity index (χ0) is 12.1. The van der Waals surface area contributed by atoms with Gasteiger partial charge < -0.3 is 15.6 Å². The van der Waals surface area contributed by atoms with Crippen molar-refractivity contribution in [2.24, 2.45) is 5.73 Å². The van der Waals surface area contributed by atoms with Gasteiger partial charge in [0.05, 0.1) is 6.61 Å². The van der Waals surface area contributed by atoms with Gasteiger partial charge >= 0.3 is 5.97 Å². The lowest BCUT2D eigenvalue weighted by atomic mass is 10.0. The van der Waals surface area contributed by atoms with Crippen molar-refractivity contribution in [3.63, 3.8) is 0 Å². The van der Waals surface area contributed by atoms with E-state index in [0.717, 1.165) is 11.1 Å². The predicted octanol–water partition coefficient (Wildman–Crippen LogP) is 1.44. The minimum Gasteiger partial charge on any atom is -0.480 e. The molecule has 0 saturated heterocycles. The molecule has 5 heteroatoms. The highest BCUT2D eigenvalue weighted by atomic mass is 35.5. The Morgan fingerprint density at radius 2 is 2.25 bits per heavy atom. The highest BCUT2D eigenvalue weighted by Gasteiger charge is 2.14. The topological polar surface area (TPSA) is 72.5 Å². The Hall–Kier alpha value is -1.10. The van der Waals surface area contributed by atoms with Gasteiger partial charge in [-0.05, 0) is 29.7 Å². The number of methoxy groups -OCH3 is 1. The van der Waals surface area contributed by atoms with Crippen molar-refractivity contribution in [2.75, 3.05) is 7.11 Å². The van der Waals surface area contributed by atoms with Crippen molar-refractivity contribution in [1.29, 1.82) is 0 Å². The fourth-order valence-corrected chi connectivity index (χ4v) is 1.60. The molecule has 0 amide bonds. The number of nitrogens with two attached hydrogens (primary N) is 1. The third kappa shape index (κ3) is 3.48. The van der Waals surface area contributed by atoms with E-state index in [1.54, 1.807) is 19.2 Å². The Bertz CT molecular complexity index is 381. The van der Waals surface area contributed by atoms with Gasteiger partial charge in [0.15, 0.2) is 0 Å². The van der Waals surface area contributed by atoms with Crippen LogP contribution in [0.4, 0.5) is 0 Å². The molecule has 0 aliphatic rings. The summed E-state index contributed by atoms with van der Waals surface area (Å²) in [6.45, 7) is 0.416. The molecule has 4 nitrogen and oxygen atoms in total. The average Bonchev–Trinajstić information content (AvgIpc) is 2.22. The van der Waals surface area contributed by atoms with E-state index in [2.05, 4.69) is 0 Å². The van der Waals surface area contributed by atoms with E-state index in [1.165, 1.54) is 0 Å². The Balaban J connectivity index is 2.91. The SMILES string of the molecule is COCc1ccc(Cl)cc1CC(N)C(=O)O. The average molecular weight is 244 g/mol. The zero-order valence-corrected chi connectivity index (χ0v) is 9.70. The van der Waals surface area contributed by atoms with Gasteiger partial charge in [-0.1, -0.05) is 17.7 Å². The molecular formula is C11H14ClNO3. The minimum atomic E-state index is -1.02. The van der Waals surface area contributed by atoms with Gasteiger partial charge in [-0.15, -0.1) is 0 Å². The van der Waals surface area contributed by atoms with Crippen LogP contribution in [-0.2, 0) is 22.6 Å². The van der Waals surface area contributed by atoms with Crippen molar-refractivity contribution < 1.29 is 14.6 Å². The molecule has 0 fully saturated rings. The van der Waals surface area contributed by atoms with Crippen LogP contribution in [-0.4, -0.2) is 24.2 Å². The number of aliphatic carboxylic acids is 1. The first-order chi connectivity index (χ1) is 7.54. The standard InChI is InChI=1S/C11H14ClNO3/c1-16-6-7-2-3-9(12)4-8(7)5-10(13)11(14)15/h2-4,10H,5-6,13H2,1H3,(H,14,15). The second-order valence-electron chi connectivity index (χ2n) is 3.49. The van der Waals surface area contributed by atoms with Crippen LogP contribution in [0.1, 0.15) is 11.1 Å². The van der Waals surface area contributed by atoms with E-state index in [-0.39, 0.29) is 6.42 Å². The number of carbonyl (C=O) groups is 1. The normalized spacial score (nSPS) is 12.4. The van der Waals surface area contributed by atoms with Gasteiger partial charge in [-0.3, -0.25) is 4.79 Å². The highest BCUT2D eigenvalue weighted by Crippen LogP contribution is 2.18. The van der Waals surface area contributed by atoms with E-state index in [0.29, 0.717) is 11.6 Å². The molecular weight excluding hydrogens is 230 g/mol. The maximum absolute atomic E-state index is 10.7. The maximum Gasteiger partial charge on any atom is 0.320 e. The molecule has 0 radical (unpaired) electrons. The number of carboxylic acid groups (broad SMARTS) is 1. The molecule has 0 saturated carbocycles. The molecule has 3 N–H and O–H groups in total. The van der Waals surface area contributed by atoms with Crippen LogP contribution < -0.4 is 5.73 Å². The van der Waals surface area contributed by atoms with Crippen LogP contribution >= 0.6 is 11.6 Å². The molecule has 0 bridgehead atoms. The summed E-state index contributed by atoms with van der Waals surface area (Å²) in [6.07, 6.45) is 0.245. The maximum atomic E-state index is 10.7. The lowest BCUT2D eigenvalue weighted by molar-refractivity contribution is -0.138. The number of halogens is 1. The quantitative estimate of drug-likeness (QED) is 0.821. The van der Waals surface area contributed by atoms with Gasteiger partial charge in [-0.2, -0.15) is 0 Å². The number of carboxylic acids is 1. The van der Waals surface area contributed by atoms with Crippen LogP contribution in [0, 0.1) is 0 Å². The molecule has 1 aromatic carbocycles. The van der Waals surface area contributed by atoms with Crippen molar-refractivity contribution in [1.82, 2.24) is 0 Å². The van der Waals surface area contributed by atoms with Crippen molar-refractivity contribution in [3.8, 4) is 0 Å². The van der Waals surface area contributed by atoms with Gasteiger partial charge in [-0.25, -0.2) is 0 Å². The summed E-state index contributed by atoms with van der Waals surface area (Å²) < 4.78 is 5.02.